The minimum Gasteiger partial charge on any atom is -0.379 e. The molecule has 7 heteroatoms. The van der Waals surface area contributed by atoms with Crippen LogP contribution in [-0.4, -0.2) is 35.9 Å². The van der Waals surface area contributed by atoms with Crippen LogP contribution in [0.25, 0.3) is 0 Å². The molecule has 0 bridgehead atoms. The SMILES string of the molecule is C[C@@H](CNCCNC(=O)c1nonc1N)c1ccccc1. The van der Waals surface area contributed by atoms with Crippen molar-refractivity contribution in [2.75, 3.05) is 25.4 Å². The van der Waals surface area contributed by atoms with Gasteiger partial charge in [0.2, 0.25) is 11.5 Å². The van der Waals surface area contributed by atoms with E-state index in [2.05, 4.69) is 44.6 Å². The normalized spacial score (nSPS) is 12.0. The second-order valence-electron chi connectivity index (χ2n) is 4.77. The summed E-state index contributed by atoms with van der Waals surface area (Å²) in [7, 11) is 0. The number of benzene rings is 1. The maximum atomic E-state index is 11.7. The molecule has 1 atom stereocenters. The van der Waals surface area contributed by atoms with Gasteiger partial charge in [0.25, 0.3) is 5.91 Å². The molecule has 112 valence electrons. The van der Waals surface area contributed by atoms with E-state index in [1.165, 1.54) is 5.56 Å². The molecule has 0 saturated carbocycles. The van der Waals surface area contributed by atoms with Crippen LogP contribution in [0, 0.1) is 0 Å². The van der Waals surface area contributed by atoms with Crippen LogP contribution in [0.15, 0.2) is 35.0 Å². The molecular weight excluding hydrogens is 270 g/mol. The molecule has 0 unspecified atom stereocenters. The first-order valence-corrected chi connectivity index (χ1v) is 6.80. The van der Waals surface area contributed by atoms with Gasteiger partial charge in [0, 0.05) is 19.6 Å². The summed E-state index contributed by atoms with van der Waals surface area (Å²) in [5, 5.41) is 12.8. The lowest BCUT2D eigenvalue weighted by Gasteiger charge is -2.13. The molecule has 0 spiro atoms. The van der Waals surface area contributed by atoms with Crippen molar-refractivity contribution in [2.45, 2.75) is 12.8 Å². The molecule has 2 rings (SSSR count). The number of nitrogens with two attached hydrogens (primary N) is 1. The Hall–Kier alpha value is -2.41. The molecule has 2 aromatic rings. The summed E-state index contributed by atoms with van der Waals surface area (Å²) in [6.45, 7) is 4.14. The van der Waals surface area contributed by atoms with Gasteiger partial charge in [-0.2, -0.15) is 0 Å². The lowest BCUT2D eigenvalue weighted by molar-refractivity contribution is 0.0944. The van der Waals surface area contributed by atoms with Crippen molar-refractivity contribution < 1.29 is 9.42 Å². The monoisotopic (exact) mass is 289 g/mol. The van der Waals surface area contributed by atoms with Gasteiger partial charge in [0.05, 0.1) is 0 Å². The van der Waals surface area contributed by atoms with Gasteiger partial charge in [-0.25, -0.2) is 4.63 Å². The Morgan fingerprint density at radius 1 is 1.29 bits per heavy atom. The van der Waals surface area contributed by atoms with Crippen molar-refractivity contribution >= 4 is 11.7 Å². The molecule has 0 aliphatic carbocycles. The molecule has 1 aromatic carbocycles. The number of hydrogen-bond donors (Lipinski definition) is 3. The van der Waals surface area contributed by atoms with Crippen LogP contribution in [0.3, 0.4) is 0 Å². The Morgan fingerprint density at radius 3 is 2.71 bits per heavy atom. The predicted octanol–water partition coefficient (Wildman–Crippen LogP) is 0.775. The summed E-state index contributed by atoms with van der Waals surface area (Å²) in [6, 6.07) is 10.3. The highest BCUT2D eigenvalue weighted by atomic mass is 16.6. The third-order valence-corrected chi connectivity index (χ3v) is 3.14. The highest BCUT2D eigenvalue weighted by Crippen LogP contribution is 2.12. The minimum atomic E-state index is -0.383. The largest absolute Gasteiger partial charge is 0.379 e. The van der Waals surface area contributed by atoms with Crippen LogP contribution in [-0.2, 0) is 0 Å². The fraction of sp³-hybridized carbons (Fsp3) is 0.357. The molecule has 0 fully saturated rings. The highest BCUT2D eigenvalue weighted by Gasteiger charge is 2.14. The molecule has 4 N–H and O–H groups in total. The quantitative estimate of drug-likeness (QED) is 0.650. The number of nitrogens with zero attached hydrogens (tertiary/aromatic N) is 2. The number of carbonyl (C=O) groups is 1. The first-order valence-electron chi connectivity index (χ1n) is 6.80. The van der Waals surface area contributed by atoms with Crippen molar-refractivity contribution in [1.29, 1.82) is 0 Å². The van der Waals surface area contributed by atoms with Crippen LogP contribution in [0.2, 0.25) is 0 Å². The number of amides is 1. The number of rotatable bonds is 7. The van der Waals surface area contributed by atoms with Crippen LogP contribution in [0.4, 0.5) is 5.82 Å². The fourth-order valence-electron chi connectivity index (χ4n) is 1.92. The van der Waals surface area contributed by atoms with Gasteiger partial charge in [-0.3, -0.25) is 4.79 Å². The van der Waals surface area contributed by atoms with Gasteiger partial charge in [0.15, 0.2) is 0 Å². The molecule has 21 heavy (non-hydrogen) atoms. The van der Waals surface area contributed by atoms with Gasteiger partial charge in [0.1, 0.15) is 0 Å². The number of hydrogen-bond acceptors (Lipinski definition) is 6. The zero-order valence-corrected chi connectivity index (χ0v) is 11.9. The van der Waals surface area contributed by atoms with E-state index in [0.717, 1.165) is 6.54 Å². The summed E-state index contributed by atoms with van der Waals surface area (Å²) in [5.41, 5.74) is 6.74. The van der Waals surface area contributed by atoms with Gasteiger partial charge in [-0.15, -0.1) is 0 Å². The van der Waals surface area contributed by atoms with Gasteiger partial charge >= 0.3 is 0 Å². The third kappa shape index (κ3) is 4.28. The number of carbonyl (C=O) groups excluding carboxylic acids is 1. The maximum absolute atomic E-state index is 11.7. The summed E-state index contributed by atoms with van der Waals surface area (Å²) in [6.07, 6.45) is 0. The predicted molar refractivity (Wildman–Crippen MR) is 78.8 cm³/mol. The Labute approximate surface area is 122 Å². The first-order chi connectivity index (χ1) is 10.2. The molecule has 1 aromatic heterocycles. The van der Waals surface area contributed by atoms with E-state index in [-0.39, 0.29) is 17.4 Å². The van der Waals surface area contributed by atoms with E-state index in [1.54, 1.807) is 0 Å². The molecule has 1 heterocycles. The molecule has 7 nitrogen and oxygen atoms in total. The minimum absolute atomic E-state index is 0.00170. The molecule has 0 radical (unpaired) electrons. The summed E-state index contributed by atoms with van der Waals surface area (Å²) in [4.78, 5) is 11.7. The summed E-state index contributed by atoms with van der Waals surface area (Å²) in [5.74, 6) is 0.0297. The van der Waals surface area contributed by atoms with Crippen LogP contribution in [0.5, 0.6) is 0 Å². The van der Waals surface area contributed by atoms with Gasteiger partial charge < -0.3 is 16.4 Å². The molecule has 0 saturated heterocycles. The van der Waals surface area contributed by atoms with Crippen LogP contribution in [0.1, 0.15) is 28.9 Å². The molecular formula is C14H19N5O2. The zero-order chi connectivity index (χ0) is 15.1. The molecule has 0 aliphatic heterocycles. The zero-order valence-electron chi connectivity index (χ0n) is 11.9. The Balaban J connectivity index is 1.64. The third-order valence-electron chi connectivity index (χ3n) is 3.14. The second-order valence-corrected chi connectivity index (χ2v) is 4.77. The first kappa shape index (κ1) is 15.0. The number of nitrogens with one attached hydrogen (secondary N) is 2. The van der Waals surface area contributed by atoms with E-state index >= 15 is 0 Å². The summed E-state index contributed by atoms with van der Waals surface area (Å²) >= 11 is 0. The van der Waals surface area contributed by atoms with Crippen LogP contribution >= 0.6 is 0 Å². The number of nitrogen functional groups attached to an aromatic ring is 1. The number of anilines is 1. The van der Waals surface area contributed by atoms with E-state index < -0.39 is 0 Å². The average molecular weight is 289 g/mol. The van der Waals surface area contributed by atoms with Crippen molar-refractivity contribution in [3.05, 3.63) is 41.6 Å². The molecule has 0 aliphatic rings. The van der Waals surface area contributed by atoms with Gasteiger partial charge in [-0.05, 0) is 21.8 Å². The molecule has 1 amide bonds. The van der Waals surface area contributed by atoms with Gasteiger partial charge in [-0.1, -0.05) is 37.3 Å². The maximum Gasteiger partial charge on any atom is 0.277 e. The lowest BCUT2D eigenvalue weighted by atomic mass is 10.0. The number of aromatic nitrogens is 2. The Morgan fingerprint density at radius 2 is 2.05 bits per heavy atom. The van der Waals surface area contributed by atoms with E-state index in [9.17, 15) is 4.79 Å². The van der Waals surface area contributed by atoms with Crippen molar-refractivity contribution in [3.63, 3.8) is 0 Å². The summed E-state index contributed by atoms with van der Waals surface area (Å²) < 4.78 is 4.37. The second kappa shape index (κ2) is 7.39. The van der Waals surface area contributed by atoms with Crippen LogP contribution < -0.4 is 16.4 Å². The van der Waals surface area contributed by atoms with Crippen molar-refractivity contribution in [2.24, 2.45) is 0 Å². The van der Waals surface area contributed by atoms with E-state index in [4.69, 9.17) is 5.73 Å². The standard InChI is InChI=1S/C14H19N5O2/c1-10(11-5-3-2-4-6-11)9-16-7-8-17-14(20)12-13(15)19-21-18-12/h2-6,10,16H,7-9H2,1H3,(H2,15,19)(H,17,20)/t10-/m0/s1. The lowest BCUT2D eigenvalue weighted by Crippen LogP contribution is -2.33. The Kier molecular flexibility index (Phi) is 5.28. The van der Waals surface area contributed by atoms with Crippen molar-refractivity contribution in [3.8, 4) is 0 Å². The van der Waals surface area contributed by atoms with E-state index in [0.29, 0.717) is 19.0 Å². The topological polar surface area (TPSA) is 106 Å². The average Bonchev–Trinajstić information content (AvgIpc) is 2.93. The highest BCUT2D eigenvalue weighted by molar-refractivity contribution is 5.95. The van der Waals surface area contributed by atoms with E-state index in [1.807, 2.05) is 18.2 Å². The van der Waals surface area contributed by atoms with Crippen molar-refractivity contribution in [1.82, 2.24) is 20.9 Å². The Bertz CT molecular complexity index is 570. The smallest absolute Gasteiger partial charge is 0.277 e. The fourth-order valence-corrected chi connectivity index (χ4v) is 1.92.